The quantitative estimate of drug-likeness (QED) is 0.758. The fourth-order valence-electron chi connectivity index (χ4n) is 3.43. The Morgan fingerprint density at radius 2 is 1.62 bits per heavy atom. The summed E-state index contributed by atoms with van der Waals surface area (Å²) in [6, 6.07) is 11.7. The molecular formula is C20H27NO3. The first-order chi connectivity index (χ1) is 11.4. The highest BCUT2D eigenvalue weighted by Gasteiger charge is 2.32. The summed E-state index contributed by atoms with van der Waals surface area (Å²) in [6.45, 7) is 6.26. The minimum absolute atomic E-state index is 0.168. The van der Waals surface area contributed by atoms with Crippen LogP contribution >= 0.6 is 0 Å². The number of hydrogen-bond acceptors (Lipinski definition) is 4. The topological polar surface area (TPSA) is 52.9 Å². The fourth-order valence-corrected chi connectivity index (χ4v) is 3.43. The van der Waals surface area contributed by atoms with Crippen molar-refractivity contribution in [2.45, 2.75) is 39.0 Å². The van der Waals surface area contributed by atoms with Crippen LogP contribution in [0.2, 0.25) is 0 Å². The van der Waals surface area contributed by atoms with E-state index in [4.69, 9.17) is 4.74 Å². The highest BCUT2D eigenvalue weighted by Crippen LogP contribution is 2.42. The molecule has 0 aliphatic heterocycles. The van der Waals surface area contributed by atoms with Gasteiger partial charge in [0.2, 0.25) is 0 Å². The standard InChI is InChI=1S/C20H27NO3/c1-6-20(7-2,15-9-11-18(22)14(3)12-15)16-8-10-17(21(4)23)19(13-16)24-5/h8-13,22-23H,6-7H2,1-5H3. The number of nitrogens with zero attached hydrogens (tertiary/aromatic N) is 1. The van der Waals surface area contributed by atoms with Crippen molar-refractivity contribution in [1.29, 1.82) is 0 Å². The van der Waals surface area contributed by atoms with Gasteiger partial charge in [0.1, 0.15) is 17.2 Å². The summed E-state index contributed by atoms with van der Waals surface area (Å²) < 4.78 is 5.47. The Balaban J connectivity index is 2.63. The van der Waals surface area contributed by atoms with Crippen LogP contribution < -0.4 is 9.80 Å². The first-order valence-electron chi connectivity index (χ1n) is 8.30. The van der Waals surface area contributed by atoms with Gasteiger partial charge >= 0.3 is 0 Å². The molecule has 0 heterocycles. The lowest BCUT2D eigenvalue weighted by Crippen LogP contribution is -2.26. The number of phenols is 1. The van der Waals surface area contributed by atoms with E-state index in [0.29, 0.717) is 17.2 Å². The lowest BCUT2D eigenvalue weighted by Gasteiger charge is -2.34. The van der Waals surface area contributed by atoms with Crippen LogP contribution in [0.25, 0.3) is 0 Å². The number of rotatable bonds is 6. The van der Waals surface area contributed by atoms with Crippen LogP contribution in [-0.2, 0) is 5.41 Å². The van der Waals surface area contributed by atoms with Crippen LogP contribution in [0, 0.1) is 6.92 Å². The molecule has 0 bridgehead atoms. The van der Waals surface area contributed by atoms with Crippen molar-refractivity contribution in [3.05, 3.63) is 53.1 Å². The van der Waals surface area contributed by atoms with E-state index in [-0.39, 0.29) is 5.41 Å². The summed E-state index contributed by atoms with van der Waals surface area (Å²) in [5.41, 5.74) is 3.65. The van der Waals surface area contributed by atoms with Crippen molar-refractivity contribution in [1.82, 2.24) is 0 Å². The second kappa shape index (κ2) is 7.14. The van der Waals surface area contributed by atoms with E-state index < -0.39 is 0 Å². The number of aromatic hydroxyl groups is 1. The maximum Gasteiger partial charge on any atom is 0.144 e. The van der Waals surface area contributed by atoms with Gasteiger partial charge in [0.15, 0.2) is 0 Å². The first-order valence-corrected chi connectivity index (χ1v) is 8.30. The molecule has 4 heteroatoms. The molecule has 0 atom stereocenters. The van der Waals surface area contributed by atoms with Crippen LogP contribution in [-0.4, -0.2) is 24.5 Å². The summed E-state index contributed by atoms with van der Waals surface area (Å²) in [5, 5.41) is 20.7. The number of hydroxylamine groups is 1. The highest BCUT2D eigenvalue weighted by atomic mass is 16.5. The Labute approximate surface area is 144 Å². The van der Waals surface area contributed by atoms with Crippen molar-refractivity contribution in [2.75, 3.05) is 19.2 Å². The molecule has 2 aromatic rings. The van der Waals surface area contributed by atoms with E-state index in [1.165, 1.54) is 5.56 Å². The van der Waals surface area contributed by atoms with Gasteiger partial charge in [0, 0.05) is 12.5 Å². The second-order valence-corrected chi connectivity index (χ2v) is 6.20. The number of phenolic OH excluding ortho intramolecular Hbond substituents is 1. The lowest BCUT2D eigenvalue weighted by molar-refractivity contribution is 0.274. The van der Waals surface area contributed by atoms with E-state index in [1.807, 2.05) is 31.2 Å². The molecule has 2 aromatic carbocycles. The molecule has 0 unspecified atom stereocenters. The molecule has 4 nitrogen and oxygen atoms in total. The van der Waals surface area contributed by atoms with Crippen LogP contribution in [0.1, 0.15) is 43.4 Å². The zero-order valence-corrected chi connectivity index (χ0v) is 15.1. The molecule has 0 saturated carbocycles. The molecule has 0 saturated heterocycles. The van der Waals surface area contributed by atoms with Crippen molar-refractivity contribution in [3.8, 4) is 11.5 Å². The molecule has 0 aliphatic rings. The predicted molar refractivity (Wildman–Crippen MR) is 97.4 cm³/mol. The number of ether oxygens (including phenoxy) is 1. The number of anilines is 1. The summed E-state index contributed by atoms with van der Waals surface area (Å²) >= 11 is 0. The Bertz CT molecular complexity index is 706. The van der Waals surface area contributed by atoms with E-state index in [1.54, 1.807) is 20.2 Å². The number of aryl methyl sites for hydroxylation is 1. The molecule has 0 aliphatic carbocycles. The zero-order valence-electron chi connectivity index (χ0n) is 15.1. The van der Waals surface area contributed by atoms with Gasteiger partial charge in [-0.2, -0.15) is 0 Å². The van der Waals surface area contributed by atoms with E-state index in [9.17, 15) is 10.3 Å². The zero-order chi connectivity index (χ0) is 17.9. The van der Waals surface area contributed by atoms with Crippen LogP contribution in [0.3, 0.4) is 0 Å². The number of methoxy groups -OCH3 is 1. The summed E-state index contributed by atoms with van der Waals surface area (Å²) in [4.78, 5) is 0. The Morgan fingerprint density at radius 3 is 2.12 bits per heavy atom. The van der Waals surface area contributed by atoms with Gasteiger partial charge in [0.25, 0.3) is 0 Å². The number of hydrogen-bond donors (Lipinski definition) is 2. The predicted octanol–water partition coefficient (Wildman–Crippen LogP) is 4.64. The average molecular weight is 329 g/mol. The van der Waals surface area contributed by atoms with Crippen LogP contribution in [0.4, 0.5) is 5.69 Å². The Hall–Kier alpha value is -2.20. The van der Waals surface area contributed by atoms with Gasteiger partial charge in [0.05, 0.1) is 7.11 Å². The van der Waals surface area contributed by atoms with Gasteiger partial charge in [-0.25, -0.2) is 0 Å². The smallest absolute Gasteiger partial charge is 0.144 e. The van der Waals surface area contributed by atoms with Crippen LogP contribution in [0.15, 0.2) is 36.4 Å². The molecule has 2 rings (SSSR count). The van der Waals surface area contributed by atoms with Crippen molar-refractivity contribution >= 4 is 5.69 Å². The highest BCUT2D eigenvalue weighted by molar-refractivity contribution is 5.59. The maximum absolute atomic E-state index is 9.85. The van der Waals surface area contributed by atoms with Gasteiger partial charge in [-0.1, -0.05) is 32.0 Å². The third kappa shape index (κ3) is 3.06. The monoisotopic (exact) mass is 329 g/mol. The third-order valence-corrected chi connectivity index (χ3v) is 5.04. The molecule has 0 aromatic heterocycles. The van der Waals surface area contributed by atoms with Crippen molar-refractivity contribution in [2.24, 2.45) is 0 Å². The summed E-state index contributed by atoms with van der Waals surface area (Å²) in [7, 11) is 3.18. The van der Waals surface area contributed by atoms with Crippen molar-refractivity contribution < 1.29 is 15.1 Å². The summed E-state index contributed by atoms with van der Waals surface area (Å²) in [6.07, 6.45) is 1.84. The Morgan fingerprint density at radius 1 is 1.04 bits per heavy atom. The molecule has 0 radical (unpaired) electrons. The third-order valence-electron chi connectivity index (χ3n) is 5.04. The SMILES string of the molecule is CCC(CC)(c1ccc(O)c(C)c1)c1ccc(N(C)O)c(OC)c1. The molecule has 130 valence electrons. The molecule has 0 fully saturated rings. The minimum atomic E-state index is -0.168. The lowest BCUT2D eigenvalue weighted by atomic mass is 9.70. The van der Waals surface area contributed by atoms with E-state index in [2.05, 4.69) is 19.9 Å². The van der Waals surface area contributed by atoms with E-state index >= 15 is 0 Å². The molecule has 24 heavy (non-hydrogen) atoms. The number of benzene rings is 2. The van der Waals surface area contributed by atoms with Crippen molar-refractivity contribution in [3.63, 3.8) is 0 Å². The van der Waals surface area contributed by atoms with Gasteiger partial charge in [-0.3, -0.25) is 10.3 Å². The van der Waals surface area contributed by atoms with Crippen LogP contribution in [0.5, 0.6) is 11.5 Å². The molecule has 0 amide bonds. The second-order valence-electron chi connectivity index (χ2n) is 6.20. The van der Waals surface area contributed by atoms with Gasteiger partial charge in [-0.15, -0.1) is 0 Å². The fraction of sp³-hybridized carbons (Fsp3) is 0.400. The maximum atomic E-state index is 9.85. The summed E-state index contributed by atoms with van der Waals surface area (Å²) in [5.74, 6) is 0.953. The van der Waals surface area contributed by atoms with E-state index in [0.717, 1.165) is 29.0 Å². The van der Waals surface area contributed by atoms with Gasteiger partial charge in [-0.05, 0) is 54.7 Å². The largest absolute Gasteiger partial charge is 0.508 e. The molecular weight excluding hydrogens is 302 g/mol. The minimum Gasteiger partial charge on any atom is -0.508 e. The first kappa shape index (κ1) is 18.1. The normalized spacial score (nSPS) is 11.4. The Kier molecular flexibility index (Phi) is 5.40. The van der Waals surface area contributed by atoms with Gasteiger partial charge < -0.3 is 9.84 Å². The molecule has 0 spiro atoms. The average Bonchev–Trinajstić information content (AvgIpc) is 2.59. The molecule has 2 N–H and O–H groups in total.